The van der Waals surface area contributed by atoms with Crippen molar-refractivity contribution < 1.29 is 9.59 Å². The summed E-state index contributed by atoms with van der Waals surface area (Å²) in [6.45, 7) is 5.56. The highest BCUT2D eigenvalue weighted by atomic mass is 32.1. The summed E-state index contributed by atoms with van der Waals surface area (Å²) in [7, 11) is 0. The Kier molecular flexibility index (Phi) is 5.74. The lowest BCUT2D eigenvalue weighted by atomic mass is 9.79. The lowest BCUT2D eigenvalue weighted by molar-refractivity contribution is -0.133. The highest BCUT2D eigenvalue weighted by molar-refractivity contribution is 7.14. The lowest BCUT2D eigenvalue weighted by Crippen LogP contribution is -2.54. The molecule has 1 atom stereocenters. The summed E-state index contributed by atoms with van der Waals surface area (Å²) in [5.41, 5.74) is 6.76. The maximum Gasteiger partial charge on any atom is 0.231 e. The summed E-state index contributed by atoms with van der Waals surface area (Å²) in [6.07, 6.45) is 1.41. The molecule has 140 valence electrons. The van der Waals surface area contributed by atoms with E-state index in [0.717, 1.165) is 11.3 Å². The van der Waals surface area contributed by atoms with Crippen LogP contribution in [0.5, 0.6) is 0 Å². The molecule has 0 aliphatic carbocycles. The smallest absolute Gasteiger partial charge is 0.231 e. The third-order valence-electron chi connectivity index (χ3n) is 4.71. The monoisotopic (exact) mass is 392 g/mol. The van der Waals surface area contributed by atoms with Gasteiger partial charge in [-0.1, -0.05) is 19.9 Å². The molecule has 2 aromatic heterocycles. The number of anilines is 1. The maximum atomic E-state index is 12.6. The second kappa shape index (κ2) is 7.85. The number of amides is 2. The molecule has 1 unspecified atom stereocenters. The number of thiophene rings is 1. The first-order valence-corrected chi connectivity index (χ1v) is 10.4. The molecular weight excluding hydrogens is 368 g/mol. The molecule has 2 amide bonds. The van der Waals surface area contributed by atoms with Crippen LogP contribution in [0.3, 0.4) is 0 Å². The van der Waals surface area contributed by atoms with Crippen LogP contribution in [0.1, 0.15) is 30.8 Å². The van der Waals surface area contributed by atoms with Crippen LogP contribution in [0.4, 0.5) is 5.13 Å². The number of rotatable bonds is 5. The Morgan fingerprint density at radius 2 is 2.19 bits per heavy atom. The Morgan fingerprint density at radius 3 is 2.88 bits per heavy atom. The van der Waals surface area contributed by atoms with Crippen LogP contribution in [0.2, 0.25) is 0 Å². The van der Waals surface area contributed by atoms with Gasteiger partial charge in [-0.15, -0.1) is 22.7 Å². The number of carbonyl (C=O) groups excluding carboxylic acids is 2. The average Bonchev–Trinajstić information content (AvgIpc) is 3.22. The fourth-order valence-electron chi connectivity index (χ4n) is 3.03. The number of aromatic nitrogens is 1. The molecule has 0 aromatic carbocycles. The van der Waals surface area contributed by atoms with Crippen LogP contribution in [0.25, 0.3) is 0 Å². The summed E-state index contributed by atoms with van der Waals surface area (Å²) in [4.78, 5) is 31.9. The van der Waals surface area contributed by atoms with E-state index in [4.69, 9.17) is 5.73 Å². The summed E-state index contributed by atoms with van der Waals surface area (Å²) >= 11 is 2.90. The van der Waals surface area contributed by atoms with E-state index in [1.54, 1.807) is 11.3 Å². The average molecular weight is 393 g/mol. The molecule has 0 bridgehead atoms. The first-order valence-electron chi connectivity index (χ1n) is 8.63. The fourth-order valence-corrected chi connectivity index (χ4v) is 4.46. The molecule has 1 aliphatic rings. The molecular formula is C18H24N4O2S2. The Bertz CT molecular complexity index is 770. The number of nitrogens with zero attached hydrogens (tertiary/aromatic N) is 2. The summed E-state index contributed by atoms with van der Waals surface area (Å²) in [6, 6.07) is 3.98. The van der Waals surface area contributed by atoms with E-state index in [0.29, 0.717) is 30.3 Å². The van der Waals surface area contributed by atoms with Crippen molar-refractivity contribution in [3.63, 3.8) is 0 Å². The van der Waals surface area contributed by atoms with E-state index in [9.17, 15) is 9.59 Å². The highest BCUT2D eigenvalue weighted by Crippen LogP contribution is 2.28. The van der Waals surface area contributed by atoms with Crippen molar-refractivity contribution in [3.05, 3.63) is 33.5 Å². The summed E-state index contributed by atoms with van der Waals surface area (Å²) in [5.74, 6) is -0.0295. The minimum absolute atomic E-state index is 0.0618. The number of nitrogens with one attached hydrogen (secondary N) is 1. The van der Waals surface area contributed by atoms with Gasteiger partial charge in [0, 0.05) is 29.4 Å². The van der Waals surface area contributed by atoms with Crippen molar-refractivity contribution in [1.29, 1.82) is 0 Å². The van der Waals surface area contributed by atoms with E-state index in [-0.39, 0.29) is 29.7 Å². The van der Waals surface area contributed by atoms with Crippen LogP contribution < -0.4 is 11.1 Å². The summed E-state index contributed by atoms with van der Waals surface area (Å²) < 4.78 is 0. The maximum absolute atomic E-state index is 12.6. The van der Waals surface area contributed by atoms with Crippen LogP contribution in [-0.4, -0.2) is 40.8 Å². The second-order valence-corrected chi connectivity index (χ2v) is 9.21. The van der Waals surface area contributed by atoms with Gasteiger partial charge in [0.05, 0.1) is 18.5 Å². The van der Waals surface area contributed by atoms with E-state index in [1.807, 2.05) is 27.8 Å². The number of nitrogens with two attached hydrogens (primary N) is 1. The minimum Gasteiger partial charge on any atom is -0.342 e. The molecule has 3 heterocycles. The highest BCUT2D eigenvalue weighted by Gasteiger charge is 2.35. The van der Waals surface area contributed by atoms with Gasteiger partial charge in [-0.25, -0.2) is 4.98 Å². The second-order valence-electron chi connectivity index (χ2n) is 7.32. The third kappa shape index (κ3) is 4.69. The Hall–Kier alpha value is -1.77. The van der Waals surface area contributed by atoms with Gasteiger partial charge < -0.3 is 16.0 Å². The zero-order valence-electron chi connectivity index (χ0n) is 15.0. The zero-order valence-corrected chi connectivity index (χ0v) is 16.7. The van der Waals surface area contributed by atoms with Crippen molar-refractivity contribution in [2.45, 2.75) is 39.2 Å². The Balaban J connectivity index is 1.53. The third-order valence-corrected chi connectivity index (χ3v) is 6.39. The van der Waals surface area contributed by atoms with E-state index in [2.05, 4.69) is 24.1 Å². The number of carbonyl (C=O) groups is 2. The van der Waals surface area contributed by atoms with E-state index < -0.39 is 0 Å². The number of thiazole rings is 1. The van der Waals surface area contributed by atoms with Crippen LogP contribution >= 0.6 is 22.7 Å². The predicted molar refractivity (Wildman–Crippen MR) is 105 cm³/mol. The van der Waals surface area contributed by atoms with Crippen molar-refractivity contribution in [2.75, 3.05) is 18.4 Å². The van der Waals surface area contributed by atoms with Crippen molar-refractivity contribution in [3.8, 4) is 0 Å². The minimum atomic E-state index is -0.0913. The summed E-state index contributed by atoms with van der Waals surface area (Å²) in [5, 5.41) is 7.13. The molecule has 0 radical (unpaired) electrons. The van der Waals surface area contributed by atoms with Gasteiger partial charge in [-0.3, -0.25) is 9.59 Å². The number of piperidine rings is 1. The van der Waals surface area contributed by atoms with Crippen molar-refractivity contribution >= 4 is 39.6 Å². The molecule has 0 spiro atoms. The Labute approximate surface area is 161 Å². The van der Waals surface area contributed by atoms with Gasteiger partial charge in [-0.05, 0) is 23.3 Å². The van der Waals surface area contributed by atoms with Gasteiger partial charge in [0.2, 0.25) is 11.8 Å². The zero-order chi connectivity index (χ0) is 18.7. The fraction of sp³-hybridized carbons (Fsp3) is 0.500. The molecule has 3 N–H and O–H groups in total. The van der Waals surface area contributed by atoms with Crippen LogP contribution in [0, 0.1) is 5.41 Å². The molecule has 0 saturated carbocycles. The van der Waals surface area contributed by atoms with Gasteiger partial charge in [0.25, 0.3) is 0 Å². The Morgan fingerprint density at radius 1 is 1.38 bits per heavy atom. The largest absolute Gasteiger partial charge is 0.342 e. The van der Waals surface area contributed by atoms with Gasteiger partial charge in [0.1, 0.15) is 0 Å². The normalized spacial score (nSPS) is 19.3. The molecule has 1 fully saturated rings. The molecule has 6 nitrogen and oxygen atoms in total. The van der Waals surface area contributed by atoms with Gasteiger partial charge in [0.15, 0.2) is 5.13 Å². The van der Waals surface area contributed by atoms with Crippen molar-refractivity contribution in [2.24, 2.45) is 11.1 Å². The topological polar surface area (TPSA) is 88.3 Å². The number of likely N-dealkylation sites (tertiary alicyclic amines) is 1. The first kappa shape index (κ1) is 19.0. The van der Waals surface area contributed by atoms with Crippen LogP contribution in [-0.2, 0) is 22.4 Å². The van der Waals surface area contributed by atoms with E-state index in [1.165, 1.54) is 11.3 Å². The standard InChI is InChI=1S/C18H24N4O2S2/c1-18(2)11-22(6-5-14(18)19)16(24)8-12-10-26-17(20-12)21-15(23)9-13-4-3-7-25-13/h3-4,7,10,14H,5-6,8-9,11,19H2,1-2H3,(H,20,21,23). The molecule has 26 heavy (non-hydrogen) atoms. The van der Waals surface area contributed by atoms with Gasteiger partial charge >= 0.3 is 0 Å². The molecule has 3 rings (SSSR count). The van der Waals surface area contributed by atoms with Gasteiger partial charge in [-0.2, -0.15) is 0 Å². The predicted octanol–water partition coefficient (Wildman–Crippen LogP) is 2.51. The van der Waals surface area contributed by atoms with Crippen LogP contribution in [0.15, 0.2) is 22.9 Å². The van der Waals surface area contributed by atoms with E-state index >= 15 is 0 Å². The van der Waals surface area contributed by atoms with Crippen molar-refractivity contribution in [1.82, 2.24) is 9.88 Å². The quantitative estimate of drug-likeness (QED) is 0.818. The molecule has 8 heteroatoms. The first-order chi connectivity index (χ1) is 12.3. The number of hydrogen-bond acceptors (Lipinski definition) is 6. The molecule has 1 aliphatic heterocycles. The SMILES string of the molecule is CC1(C)CN(C(=O)Cc2csc(NC(=O)Cc3cccs3)n2)CCC1N. The molecule has 2 aromatic rings. The number of hydrogen-bond donors (Lipinski definition) is 2. The lowest BCUT2D eigenvalue weighted by Gasteiger charge is -2.42. The molecule has 1 saturated heterocycles.